The zero-order chi connectivity index (χ0) is 23.3. The summed E-state index contributed by atoms with van der Waals surface area (Å²) in [6.07, 6.45) is 1.49. The topological polar surface area (TPSA) is 101 Å². The Morgan fingerprint density at radius 1 is 1.03 bits per heavy atom. The van der Waals surface area contributed by atoms with Crippen LogP contribution in [0.2, 0.25) is 0 Å². The van der Waals surface area contributed by atoms with E-state index >= 15 is 0 Å². The number of nitriles is 1. The average molecular weight is 448 g/mol. The zero-order valence-electron chi connectivity index (χ0n) is 18.1. The van der Waals surface area contributed by atoms with E-state index in [9.17, 15) is 14.9 Å². The Labute approximate surface area is 189 Å². The van der Waals surface area contributed by atoms with Crippen LogP contribution in [0.3, 0.4) is 0 Å². The lowest BCUT2D eigenvalue weighted by Gasteiger charge is -2.08. The summed E-state index contributed by atoms with van der Waals surface area (Å²) in [5.74, 6) is -1.19. The van der Waals surface area contributed by atoms with Crippen molar-refractivity contribution in [2.45, 2.75) is 13.8 Å². The molecule has 3 rings (SSSR count). The number of ether oxygens (including phenoxy) is 2. The number of carbonyl (C=O) groups is 2. The number of carbonyl (C=O) groups excluding carboxylic acids is 2. The molecular weight excluding hydrogens is 426 g/mol. The molecule has 0 aliphatic carbocycles. The summed E-state index contributed by atoms with van der Waals surface area (Å²) in [7, 11) is 2.51. The highest BCUT2D eigenvalue weighted by atomic mass is 32.1. The fraction of sp³-hybridized carbons (Fsp3) is 0.167. The highest BCUT2D eigenvalue weighted by Gasteiger charge is 2.14. The second kappa shape index (κ2) is 9.90. The molecule has 1 aromatic heterocycles. The van der Waals surface area contributed by atoms with Crippen LogP contribution in [0.5, 0.6) is 0 Å². The summed E-state index contributed by atoms with van der Waals surface area (Å²) in [5.41, 5.74) is 5.23. The summed E-state index contributed by atoms with van der Waals surface area (Å²) in [6.45, 7) is 4.09. The van der Waals surface area contributed by atoms with Crippen LogP contribution < -0.4 is 5.32 Å². The van der Waals surface area contributed by atoms with Gasteiger partial charge in [-0.25, -0.2) is 14.6 Å². The van der Waals surface area contributed by atoms with E-state index < -0.39 is 11.9 Å². The van der Waals surface area contributed by atoms with Gasteiger partial charge in [0.25, 0.3) is 0 Å². The molecule has 7 nitrogen and oxygen atoms in total. The molecule has 0 saturated heterocycles. The number of aryl methyl sites for hydroxylation is 2. The van der Waals surface area contributed by atoms with Crippen molar-refractivity contribution in [2.75, 3.05) is 19.5 Å². The van der Waals surface area contributed by atoms with E-state index in [0.717, 1.165) is 11.3 Å². The van der Waals surface area contributed by atoms with Crippen molar-refractivity contribution < 1.29 is 19.1 Å². The largest absolute Gasteiger partial charge is 0.465 e. The third kappa shape index (κ3) is 5.02. The molecule has 0 aliphatic rings. The van der Waals surface area contributed by atoms with Crippen molar-refractivity contribution in [3.8, 4) is 17.3 Å². The van der Waals surface area contributed by atoms with Crippen LogP contribution in [0, 0.1) is 25.2 Å². The van der Waals surface area contributed by atoms with Gasteiger partial charge in [0, 0.05) is 22.8 Å². The number of allylic oxidation sites excluding steroid dienone is 1. The maximum absolute atomic E-state index is 11.9. The number of esters is 2. The van der Waals surface area contributed by atoms with E-state index in [1.54, 1.807) is 0 Å². The van der Waals surface area contributed by atoms with Crippen LogP contribution in [0.15, 0.2) is 48.0 Å². The van der Waals surface area contributed by atoms with E-state index in [0.29, 0.717) is 16.3 Å². The highest BCUT2D eigenvalue weighted by molar-refractivity contribution is 7.11. The molecule has 2 aromatic carbocycles. The molecule has 0 fully saturated rings. The second-order valence-electron chi connectivity index (χ2n) is 6.93. The van der Waals surface area contributed by atoms with E-state index in [1.807, 2.05) is 24.4 Å². The van der Waals surface area contributed by atoms with Crippen molar-refractivity contribution in [1.82, 2.24) is 4.98 Å². The van der Waals surface area contributed by atoms with Gasteiger partial charge in [-0.1, -0.05) is 12.1 Å². The molecule has 8 heteroatoms. The SMILES string of the molecule is COC(=O)c1cc(N/C=C(\C#N)c2nc(-c3ccc(C)c(C)c3)cs2)cc(C(=O)OC)c1. The number of methoxy groups -OCH3 is 2. The Balaban J connectivity index is 1.90. The molecule has 0 bridgehead atoms. The number of thiazole rings is 1. The maximum Gasteiger partial charge on any atom is 0.337 e. The standard InChI is InChI=1S/C24H21N3O4S/c1-14-5-6-16(7-15(14)2)21-13-32-22(27-21)19(11-25)12-26-20-9-17(23(28)30-3)8-18(10-20)24(29)31-4/h5-10,12-13,26H,1-4H3/b19-12+. The Hall–Kier alpha value is -3.96. The van der Waals surface area contributed by atoms with Gasteiger partial charge in [0.05, 0.1) is 31.0 Å². The molecule has 0 aliphatic heterocycles. The second-order valence-corrected chi connectivity index (χ2v) is 7.79. The van der Waals surface area contributed by atoms with Gasteiger partial charge in [-0.3, -0.25) is 0 Å². The van der Waals surface area contributed by atoms with Gasteiger partial charge >= 0.3 is 11.9 Å². The van der Waals surface area contributed by atoms with Crippen LogP contribution >= 0.6 is 11.3 Å². The summed E-state index contributed by atoms with van der Waals surface area (Å²) < 4.78 is 9.48. The molecule has 0 unspecified atom stereocenters. The Kier molecular flexibility index (Phi) is 7.03. The number of hydrogen-bond acceptors (Lipinski definition) is 8. The minimum Gasteiger partial charge on any atom is -0.465 e. The third-order valence-electron chi connectivity index (χ3n) is 4.82. The van der Waals surface area contributed by atoms with Gasteiger partial charge in [-0.15, -0.1) is 11.3 Å². The van der Waals surface area contributed by atoms with E-state index in [4.69, 9.17) is 9.47 Å². The third-order valence-corrected chi connectivity index (χ3v) is 5.69. The Morgan fingerprint density at radius 3 is 2.25 bits per heavy atom. The highest BCUT2D eigenvalue weighted by Crippen LogP contribution is 2.27. The van der Waals surface area contributed by atoms with Gasteiger partial charge in [0.2, 0.25) is 0 Å². The van der Waals surface area contributed by atoms with Gasteiger partial charge in [0.1, 0.15) is 16.6 Å². The first-order chi connectivity index (χ1) is 15.4. The lowest BCUT2D eigenvalue weighted by Crippen LogP contribution is -2.07. The van der Waals surface area contributed by atoms with Crippen molar-refractivity contribution in [1.29, 1.82) is 5.26 Å². The molecule has 32 heavy (non-hydrogen) atoms. The molecule has 1 N–H and O–H groups in total. The van der Waals surface area contributed by atoms with Gasteiger partial charge in [0.15, 0.2) is 0 Å². The summed E-state index contributed by atoms with van der Waals surface area (Å²) in [5, 5.41) is 15.1. The quantitative estimate of drug-likeness (QED) is 0.420. The Bertz CT molecular complexity index is 1220. The number of aromatic nitrogens is 1. The number of rotatable bonds is 6. The fourth-order valence-electron chi connectivity index (χ4n) is 2.91. The minimum absolute atomic E-state index is 0.177. The number of nitrogens with one attached hydrogen (secondary N) is 1. The molecular formula is C24H21N3O4S. The van der Waals surface area contributed by atoms with Crippen LogP contribution in [0.1, 0.15) is 36.9 Å². The van der Waals surface area contributed by atoms with Gasteiger partial charge < -0.3 is 14.8 Å². The summed E-state index contributed by atoms with van der Waals surface area (Å²) in [6, 6.07) is 12.7. The molecule has 0 spiro atoms. The normalized spacial score (nSPS) is 10.9. The Morgan fingerprint density at radius 2 is 1.69 bits per heavy atom. The maximum atomic E-state index is 11.9. The van der Waals surface area contributed by atoms with E-state index in [-0.39, 0.29) is 11.1 Å². The number of hydrogen-bond donors (Lipinski definition) is 1. The number of nitrogens with zero attached hydrogens (tertiary/aromatic N) is 2. The molecule has 162 valence electrons. The van der Waals surface area contributed by atoms with Crippen LogP contribution in [-0.2, 0) is 9.47 Å². The monoisotopic (exact) mass is 447 g/mol. The first kappa shape index (κ1) is 22.7. The fourth-order valence-corrected chi connectivity index (χ4v) is 3.71. The van der Waals surface area contributed by atoms with Crippen molar-refractivity contribution in [2.24, 2.45) is 0 Å². The summed E-state index contributed by atoms with van der Waals surface area (Å²) in [4.78, 5) is 28.5. The molecule has 0 amide bonds. The van der Waals surface area contributed by atoms with Crippen LogP contribution in [0.25, 0.3) is 16.8 Å². The van der Waals surface area contributed by atoms with Gasteiger partial charge in [-0.2, -0.15) is 5.26 Å². The predicted molar refractivity (Wildman–Crippen MR) is 123 cm³/mol. The number of anilines is 1. The van der Waals surface area contributed by atoms with Crippen LogP contribution in [0.4, 0.5) is 5.69 Å². The molecule has 1 heterocycles. The van der Waals surface area contributed by atoms with E-state index in [2.05, 4.69) is 29.4 Å². The van der Waals surface area contributed by atoms with Gasteiger partial charge in [-0.05, 0) is 49.2 Å². The lowest BCUT2D eigenvalue weighted by atomic mass is 10.1. The molecule has 3 aromatic rings. The van der Waals surface area contributed by atoms with Crippen molar-refractivity contribution in [3.05, 3.63) is 75.2 Å². The molecule has 0 radical (unpaired) electrons. The van der Waals surface area contributed by atoms with Crippen LogP contribution in [-0.4, -0.2) is 31.1 Å². The molecule has 0 saturated carbocycles. The molecule has 0 atom stereocenters. The first-order valence-corrected chi connectivity index (χ1v) is 10.5. The zero-order valence-corrected chi connectivity index (χ0v) is 18.9. The lowest BCUT2D eigenvalue weighted by molar-refractivity contribution is 0.0599. The first-order valence-electron chi connectivity index (χ1n) is 9.58. The predicted octanol–water partition coefficient (Wildman–Crippen LogP) is 4.98. The summed E-state index contributed by atoms with van der Waals surface area (Å²) >= 11 is 1.36. The van der Waals surface area contributed by atoms with Crippen molar-refractivity contribution >= 4 is 34.5 Å². The van der Waals surface area contributed by atoms with Crippen molar-refractivity contribution in [3.63, 3.8) is 0 Å². The average Bonchev–Trinajstić information content (AvgIpc) is 3.30. The number of benzene rings is 2. The minimum atomic E-state index is -0.596. The smallest absolute Gasteiger partial charge is 0.337 e. The van der Waals surface area contributed by atoms with E-state index in [1.165, 1.54) is 61.1 Å².